The summed E-state index contributed by atoms with van der Waals surface area (Å²) >= 11 is 6.50. The predicted molar refractivity (Wildman–Crippen MR) is 130 cm³/mol. The van der Waals surface area contributed by atoms with E-state index in [4.69, 9.17) is 27.2 Å². The van der Waals surface area contributed by atoms with Crippen molar-refractivity contribution in [3.8, 4) is 16.9 Å². The normalized spacial score (nSPS) is 18.8. The first kappa shape index (κ1) is 23.5. The lowest BCUT2D eigenvalue weighted by Crippen LogP contribution is -2.57. The largest absolute Gasteiger partial charge is 0.488 e. The molecule has 1 amide bonds. The van der Waals surface area contributed by atoms with Crippen LogP contribution in [-0.4, -0.2) is 43.9 Å². The van der Waals surface area contributed by atoms with Crippen LogP contribution < -0.4 is 20.7 Å². The molecule has 6 nitrogen and oxygen atoms in total. The molecule has 1 atom stereocenters. The molecular formula is C26H24ClF2N3O3. The molecule has 3 aromatic rings. The van der Waals surface area contributed by atoms with Gasteiger partial charge in [0.05, 0.1) is 22.7 Å². The topological polar surface area (TPSA) is 87.8 Å². The number of fused-ring (bicyclic) bond motifs is 3. The monoisotopic (exact) mass is 499 g/mol. The van der Waals surface area contributed by atoms with Crippen molar-refractivity contribution in [2.24, 2.45) is 5.73 Å². The highest BCUT2D eigenvalue weighted by Crippen LogP contribution is 2.52. The smallest absolute Gasteiger partial charge is 0.249 e. The maximum atomic E-state index is 15.8. The van der Waals surface area contributed by atoms with Crippen molar-refractivity contribution in [3.63, 3.8) is 0 Å². The number of aliphatic hydroxyl groups is 1. The molecule has 0 bridgehead atoms. The molecule has 3 aromatic carbocycles. The fraction of sp³-hybridized carbons (Fsp3) is 0.269. The molecule has 0 spiro atoms. The fourth-order valence-corrected chi connectivity index (χ4v) is 5.57. The summed E-state index contributed by atoms with van der Waals surface area (Å²) < 4.78 is 36.5. The molecule has 0 radical (unpaired) electrons. The SMILES string of the molecule is NC(=O)c1ccc(OCCO)c(F)c1-c1c(Cl)c(F)cc2c1C[C@]1(c3ccccc3)CNCCN21. The number of primary amides is 1. The van der Waals surface area contributed by atoms with E-state index < -0.39 is 23.1 Å². The van der Waals surface area contributed by atoms with Crippen LogP contribution >= 0.6 is 11.6 Å². The molecule has 0 aromatic heterocycles. The Balaban J connectivity index is 1.78. The molecule has 1 fully saturated rings. The van der Waals surface area contributed by atoms with Crippen LogP contribution in [0.5, 0.6) is 5.75 Å². The zero-order valence-electron chi connectivity index (χ0n) is 18.8. The molecule has 0 unspecified atom stereocenters. The summed E-state index contributed by atoms with van der Waals surface area (Å²) in [6, 6.07) is 13.8. The highest BCUT2D eigenvalue weighted by Gasteiger charge is 2.48. The van der Waals surface area contributed by atoms with E-state index in [9.17, 15) is 4.79 Å². The second-order valence-electron chi connectivity index (χ2n) is 8.68. The molecule has 182 valence electrons. The molecule has 35 heavy (non-hydrogen) atoms. The van der Waals surface area contributed by atoms with Crippen molar-refractivity contribution in [2.45, 2.75) is 12.0 Å². The lowest BCUT2D eigenvalue weighted by molar-refractivity contribution is 0.100. The lowest BCUT2D eigenvalue weighted by Gasteiger charge is -2.45. The number of halogens is 3. The van der Waals surface area contributed by atoms with Gasteiger partial charge < -0.3 is 25.8 Å². The van der Waals surface area contributed by atoms with Crippen molar-refractivity contribution in [2.75, 3.05) is 37.7 Å². The number of nitrogens with zero attached hydrogens (tertiary/aromatic N) is 1. The number of aliphatic hydroxyl groups excluding tert-OH is 1. The second kappa shape index (κ2) is 9.11. The molecule has 0 aliphatic carbocycles. The number of anilines is 1. The van der Waals surface area contributed by atoms with Crippen molar-refractivity contribution >= 4 is 23.2 Å². The van der Waals surface area contributed by atoms with Gasteiger partial charge in [0, 0.05) is 42.9 Å². The molecule has 2 aliphatic rings. The summed E-state index contributed by atoms with van der Waals surface area (Å²) in [4.78, 5) is 14.5. The summed E-state index contributed by atoms with van der Waals surface area (Å²) in [6.07, 6.45) is 0.411. The number of carbonyl (C=O) groups excluding carboxylic acids is 1. The summed E-state index contributed by atoms with van der Waals surface area (Å²) in [6.45, 7) is 1.41. The van der Waals surface area contributed by atoms with Crippen LogP contribution in [-0.2, 0) is 12.0 Å². The van der Waals surface area contributed by atoms with Crippen LogP contribution in [0.2, 0.25) is 5.02 Å². The third-order valence-electron chi connectivity index (χ3n) is 6.79. The molecule has 0 saturated carbocycles. The predicted octanol–water partition coefficient (Wildman–Crippen LogP) is 3.62. The van der Waals surface area contributed by atoms with Crippen LogP contribution in [0.4, 0.5) is 14.5 Å². The summed E-state index contributed by atoms with van der Waals surface area (Å²) in [5.74, 6) is -2.68. The van der Waals surface area contributed by atoms with E-state index in [0.29, 0.717) is 37.3 Å². The third kappa shape index (κ3) is 3.73. The Morgan fingerprint density at radius 2 is 1.97 bits per heavy atom. The number of hydrogen-bond acceptors (Lipinski definition) is 5. The number of hydrogen-bond donors (Lipinski definition) is 3. The number of benzene rings is 3. The molecule has 4 N–H and O–H groups in total. The number of piperazine rings is 1. The zero-order chi connectivity index (χ0) is 24.7. The average molecular weight is 500 g/mol. The van der Waals surface area contributed by atoms with Gasteiger partial charge in [-0.1, -0.05) is 41.9 Å². The molecule has 5 rings (SSSR count). The lowest BCUT2D eigenvalue weighted by atomic mass is 9.83. The molecule has 9 heteroatoms. The Morgan fingerprint density at radius 3 is 2.69 bits per heavy atom. The van der Waals surface area contributed by atoms with E-state index in [1.54, 1.807) is 0 Å². The average Bonchev–Trinajstić information content (AvgIpc) is 3.20. The van der Waals surface area contributed by atoms with Crippen LogP contribution in [0.1, 0.15) is 21.5 Å². The number of nitrogens with one attached hydrogen (secondary N) is 1. The number of rotatable bonds is 6. The zero-order valence-corrected chi connectivity index (χ0v) is 19.5. The minimum Gasteiger partial charge on any atom is -0.488 e. The number of carbonyl (C=O) groups is 1. The first-order valence-corrected chi connectivity index (χ1v) is 11.7. The van der Waals surface area contributed by atoms with E-state index in [1.807, 2.05) is 30.3 Å². The van der Waals surface area contributed by atoms with Gasteiger partial charge >= 0.3 is 0 Å². The number of amides is 1. The van der Waals surface area contributed by atoms with Gasteiger partial charge in [-0.3, -0.25) is 4.79 Å². The van der Waals surface area contributed by atoms with Crippen molar-refractivity contribution in [1.82, 2.24) is 5.32 Å². The Bertz CT molecular complexity index is 1300. The minimum atomic E-state index is -0.888. The Kier molecular flexibility index (Phi) is 6.13. The van der Waals surface area contributed by atoms with Crippen LogP contribution in [0.25, 0.3) is 11.1 Å². The van der Waals surface area contributed by atoms with Crippen molar-refractivity contribution in [1.29, 1.82) is 0 Å². The third-order valence-corrected chi connectivity index (χ3v) is 7.16. The van der Waals surface area contributed by atoms with E-state index >= 15 is 8.78 Å². The van der Waals surface area contributed by atoms with Gasteiger partial charge in [0.2, 0.25) is 5.91 Å². The number of nitrogens with two attached hydrogens (primary N) is 1. The van der Waals surface area contributed by atoms with Crippen LogP contribution in [0, 0.1) is 11.6 Å². The van der Waals surface area contributed by atoms with Crippen molar-refractivity contribution in [3.05, 3.63) is 81.9 Å². The van der Waals surface area contributed by atoms with Gasteiger partial charge in [-0.15, -0.1) is 0 Å². The summed E-state index contributed by atoms with van der Waals surface area (Å²) in [5, 5.41) is 12.2. The maximum Gasteiger partial charge on any atom is 0.249 e. The van der Waals surface area contributed by atoms with Gasteiger partial charge in [-0.2, -0.15) is 0 Å². The molecular weight excluding hydrogens is 476 g/mol. The molecule has 2 heterocycles. The van der Waals surface area contributed by atoms with E-state index in [1.165, 1.54) is 18.2 Å². The molecule has 2 aliphatic heterocycles. The van der Waals surface area contributed by atoms with E-state index in [-0.39, 0.29) is 40.7 Å². The maximum absolute atomic E-state index is 15.8. The summed E-state index contributed by atoms with van der Waals surface area (Å²) in [7, 11) is 0. The summed E-state index contributed by atoms with van der Waals surface area (Å²) in [5.41, 5.74) is 7.07. The van der Waals surface area contributed by atoms with E-state index in [0.717, 1.165) is 5.56 Å². The Hall–Kier alpha value is -3.20. The number of ether oxygens (including phenoxy) is 1. The Morgan fingerprint density at radius 1 is 1.20 bits per heavy atom. The van der Waals surface area contributed by atoms with Gasteiger partial charge in [0.25, 0.3) is 0 Å². The first-order valence-electron chi connectivity index (χ1n) is 11.3. The van der Waals surface area contributed by atoms with Crippen LogP contribution in [0.15, 0.2) is 48.5 Å². The highest BCUT2D eigenvalue weighted by molar-refractivity contribution is 6.34. The van der Waals surface area contributed by atoms with E-state index in [2.05, 4.69) is 10.2 Å². The first-order chi connectivity index (χ1) is 16.9. The molecule has 1 saturated heterocycles. The van der Waals surface area contributed by atoms with Gasteiger partial charge in [-0.05, 0) is 29.3 Å². The van der Waals surface area contributed by atoms with Crippen LogP contribution in [0.3, 0.4) is 0 Å². The highest BCUT2D eigenvalue weighted by atomic mass is 35.5. The fourth-order valence-electron chi connectivity index (χ4n) is 5.31. The van der Waals surface area contributed by atoms with Crippen molar-refractivity contribution < 1.29 is 23.4 Å². The quantitative estimate of drug-likeness (QED) is 0.482. The van der Waals surface area contributed by atoms with Gasteiger partial charge in [-0.25, -0.2) is 8.78 Å². The minimum absolute atomic E-state index is 0.0899. The van der Waals surface area contributed by atoms with Gasteiger partial charge in [0.1, 0.15) is 12.4 Å². The Labute approximate surface area is 206 Å². The second-order valence-corrected chi connectivity index (χ2v) is 9.06. The van der Waals surface area contributed by atoms with Gasteiger partial charge in [0.15, 0.2) is 11.6 Å². The standard InChI is InChI=1S/C26H24ClF2N3O3/c27-23-18(28)12-19-17(13-26(14-31-8-9-32(19)26)15-4-2-1-3-5-15)21(23)22-16(25(30)34)6-7-20(24(22)29)35-11-10-33/h1-7,12,31,33H,8-11,13-14H2,(H2,30,34)/t26-/m1/s1.